The summed E-state index contributed by atoms with van der Waals surface area (Å²) < 4.78 is 1.06. The predicted octanol–water partition coefficient (Wildman–Crippen LogP) is 3.81. The molecule has 0 fully saturated rings. The molecule has 0 saturated carbocycles. The number of aromatic amines is 1. The summed E-state index contributed by atoms with van der Waals surface area (Å²) in [5, 5.41) is 0. The quantitative estimate of drug-likeness (QED) is 0.706. The average molecular weight is 316 g/mol. The zero-order chi connectivity index (χ0) is 13.4. The first-order valence-electron chi connectivity index (χ1n) is 6.11. The molecule has 0 bridgehead atoms. The van der Waals surface area contributed by atoms with Crippen LogP contribution in [0, 0.1) is 6.92 Å². The number of rotatable bonds is 2. The highest BCUT2D eigenvalue weighted by Crippen LogP contribution is 2.23. The molecule has 96 valence electrons. The van der Waals surface area contributed by atoms with Crippen molar-refractivity contribution in [2.75, 3.05) is 5.73 Å². The summed E-state index contributed by atoms with van der Waals surface area (Å²) in [7, 11) is 0. The number of para-hydroxylation sites is 1. The number of imidazole rings is 1. The molecule has 0 amide bonds. The Bertz CT molecular complexity index is 746. The summed E-state index contributed by atoms with van der Waals surface area (Å²) in [6.07, 6.45) is 0.721. The number of anilines is 1. The molecule has 3 nitrogen and oxygen atoms in total. The Balaban J connectivity index is 2.03. The normalized spacial score (nSPS) is 11.1. The molecule has 4 heteroatoms. The maximum atomic E-state index is 5.97. The molecule has 0 unspecified atom stereocenters. The smallest absolute Gasteiger partial charge is 0.111 e. The highest BCUT2D eigenvalue weighted by atomic mass is 79.9. The van der Waals surface area contributed by atoms with E-state index in [1.165, 1.54) is 0 Å². The lowest BCUT2D eigenvalue weighted by atomic mass is 10.1. The molecule has 0 spiro atoms. The molecule has 3 rings (SSSR count). The largest absolute Gasteiger partial charge is 0.398 e. The molecular formula is C15H14BrN3. The second kappa shape index (κ2) is 4.70. The van der Waals surface area contributed by atoms with Crippen molar-refractivity contribution in [3.8, 4) is 0 Å². The molecule has 0 aliphatic heterocycles. The van der Waals surface area contributed by atoms with E-state index in [1.54, 1.807) is 0 Å². The number of nitrogens with zero attached hydrogens (tertiary/aromatic N) is 1. The molecule has 0 saturated heterocycles. The van der Waals surface area contributed by atoms with Crippen LogP contribution in [-0.2, 0) is 6.42 Å². The Morgan fingerprint density at radius 3 is 2.84 bits per heavy atom. The monoisotopic (exact) mass is 315 g/mol. The van der Waals surface area contributed by atoms with Crippen molar-refractivity contribution in [1.29, 1.82) is 0 Å². The standard InChI is InChI=1S/C15H14BrN3/c1-9-6-11(16)8-13-15(9)19-14(18-13)7-10-4-2-3-5-12(10)17/h2-6,8H,7,17H2,1H3,(H,18,19). The SMILES string of the molecule is Cc1cc(Br)cc2[nH]c(Cc3ccccc3N)nc12. The molecule has 1 aromatic heterocycles. The number of nitrogens with one attached hydrogen (secondary N) is 1. The van der Waals surface area contributed by atoms with Gasteiger partial charge in [-0.3, -0.25) is 0 Å². The zero-order valence-electron chi connectivity index (χ0n) is 10.6. The summed E-state index contributed by atoms with van der Waals surface area (Å²) in [5.74, 6) is 0.939. The van der Waals surface area contributed by atoms with Crippen LogP contribution < -0.4 is 5.73 Å². The van der Waals surface area contributed by atoms with Crippen LogP contribution in [-0.4, -0.2) is 9.97 Å². The molecular weight excluding hydrogens is 302 g/mol. The summed E-state index contributed by atoms with van der Waals surface area (Å²) >= 11 is 3.50. The fourth-order valence-corrected chi connectivity index (χ4v) is 2.83. The lowest BCUT2D eigenvalue weighted by Gasteiger charge is -2.02. The van der Waals surface area contributed by atoms with Gasteiger partial charge in [0.1, 0.15) is 5.82 Å². The third-order valence-electron chi connectivity index (χ3n) is 3.20. The van der Waals surface area contributed by atoms with E-state index in [1.807, 2.05) is 30.3 Å². The second-order valence-electron chi connectivity index (χ2n) is 4.68. The van der Waals surface area contributed by atoms with Gasteiger partial charge in [-0.1, -0.05) is 34.1 Å². The molecule has 1 heterocycles. The van der Waals surface area contributed by atoms with E-state index in [0.29, 0.717) is 0 Å². The van der Waals surface area contributed by atoms with Crippen LogP contribution in [0.2, 0.25) is 0 Å². The minimum absolute atomic E-state index is 0.721. The van der Waals surface area contributed by atoms with Crippen molar-refractivity contribution >= 4 is 32.7 Å². The maximum absolute atomic E-state index is 5.97. The first-order valence-corrected chi connectivity index (χ1v) is 6.91. The van der Waals surface area contributed by atoms with Gasteiger partial charge in [0, 0.05) is 16.6 Å². The van der Waals surface area contributed by atoms with Crippen molar-refractivity contribution in [1.82, 2.24) is 9.97 Å². The van der Waals surface area contributed by atoms with Crippen LogP contribution in [0.5, 0.6) is 0 Å². The number of nitrogens with two attached hydrogens (primary N) is 1. The van der Waals surface area contributed by atoms with Crippen LogP contribution in [0.4, 0.5) is 5.69 Å². The van der Waals surface area contributed by atoms with Crippen LogP contribution >= 0.6 is 15.9 Å². The maximum Gasteiger partial charge on any atom is 0.111 e. The van der Waals surface area contributed by atoms with Gasteiger partial charge >= 0.3 is 0 Å². The Hall–Kier alpha value is -1.81. The zero-order valence-corrected chi connectivity index (χ0v) is 12.2. The van der Waals surface area contributed by atoms with E-state index >= 15 is 0 Å². The fourth-order valence-electron chi connectivity index (χ4n) is 2.26. The molecule has 19 heavy (non-hydrogen) atoms. The third kappa shape index (κ3) is 2.36. The van der Waals surface area contributed by atoms with E-state index in [2.05, 4.69) is 38.9 Å². The van der Waals surface area contributed by atoms with Gasteiger partial charge in [-0.25, -0.2) is 4.98 Å². The van der Waals surface area contributed by atoms with Gasteiger partial charge in [0.05, 0.1) is 11.0 Å². The van der Waals surface area contributed by atoms with E-state index in [0.717, 1.165) is 44.6 Å². The number of aromatic nitrogens is 2. The molecule has 0 radical (unpaired) electrons. The number of halogens is 1. The highest BCUT2D eigenvalue weighted by Gasteiger charge is 2.08. The number of aryl methyl sites for hydroxylation is 1. The van der Waals surface area contributed by atoms with Crippen molar-refractivity contribution in [2.45, 2.75) is 13.3 Å². The number of hydrogen-bond donors (Lipinski definition) is 2. The van der Waals surface area contributed by atoms with Crippen LogP contribution in [0.3, 0.4) is 0 Å². The summed E-state index contributed by atoms with van der Waals surface area (Å²) in [5.41, 5.74) is 11.1. The molecule has 0 aliphatic rings. The van der Waals surface area contributed by atoms with E-state index in [-0.39, 0.29) is 0 Å². The number of fused-ring (bicyclic) bond motifs is 1. The minimum atomic E-state index is 0.721. The Kier molecular flexibility index (Phi) is 3.03. The minimum Gasteiger partial charge on any atom is -0.398 e. The van der Waals surface area contributed by atoms with Gasteiger partial charge in [0.15, 0.2) is 0 Å². The molecule has 0 aliphatic carbocycles. The fraction of sp³-hybridized carbons (Fsp3) is 0.133. The van der Waals surface area contributed by atoms with Crippen molar-refractivity contribution < 1.29 is 0 Å². The average Bonchev–Trinajstić information content (AvgIpc) is 2.75. The van der Waals surface area contributed by atoms with Gasteiger partial charge in [-0.05, 0) is 36.2 Å². The number of hydrogen-bond acceptors (Lipinski definition) is 2. The second-order valence-corrected chi connectivity index (χ2v) is 5.59. The van der Waals surface area contributed by atoms with Crippen molar-refractivity contribution in [3.05, 3.63) is 57.8 Å². The molecule has 0 atom stereocenters. The van der Waals surface area contributed by atoms with Crippen molar-refractivity contribution in [3.63, 3.8) is 0 Å². The number of H-pyrrole nitrogens is 1. The Morgan fingerprint density at radius 1 is 1.26 bits per heavy atom. The summed E-state index contributed by atoms with van der Waals surface area (Å²) in [6, 6.07) is 12.0. The van der Waals surface area contributed by atoms with E-state index < -0.39 is 0 Å². The molecule has 2 aromatic carbocycles. The molecule has 3 N–H and O–H groups in total. The topological polar surface area (TPSA) is 54.7 Å². The third-order valence-corrected chi connectivity index (χ3v) is 3.66. The van der Waals surface area contributed by atoms with Gasteiger partial charge < -0.3 is 10.7 Å². The van der Waals surface area contributed by atoms with E-state index in [9.17, 15) is 0 Å². The van der Waals surface area contributed by atoms with Gasteiger partial charge in [-0.2, -0.15) is 0 Å². The first-order chi connectivity index (χ1) is 9.13. The van der Waals surface area contributed by atoms with Gasteiger partial charge in [-0.15, -0.1) is 0 Å². The summed E-state index contributed by atoms with van der Waals surface area (Å²) in [4.78, 5) is 8.01. The number of nitrogen functional groups attached to an aromatic ring is 1. The number of benzene rings is 2. The lowest BCUT2D eigenvalue weighted by Crippen LogP contribution is -1.96. The Morgan fingerprint density at radius 2 is 2.05 bits per heavy atom. The predicted molar refractivity (Wildman–Crippen MR) is 82.2 cm³/mol. The van der Waals surface area contributed by atoms with Crippen LogP contribution in [0.25, 0.3) is 11.0 Å². The molecule has 3 aromatic rings. The highest BCUT2D eigenvalue weighted by molar-refractivity contribution is 9.10. The van der Waals surface area contributed by atoms with Crippen LogP contribution in [0.1, 0.15) is 17.0 Å². The van der Waals surface area contributed by atoms with E-state index in [4.69, 9.17) is 5.73 Å². The Labute approximate surface area is 120 Å². The van der Waals surface area contributed by atoms with Crippen molar-refractivity contribution in [2.24, 2.45) is 0 Å². The van der Waals surface area contributed by atoms with Crippen LogP contribution in [0.15, 0.2) is 40.9 Å². The lowest BCUT2D eigenvalue weighted by molar-refractivity contribution is 1.04. The summed E-state index contributed by atoms with van der Waals surface area (Å²) in [6.45, 7) is 2.06. The van der Waals surface area contributed by atoms with Gasteiger partial charge in [0.25, 0.3) is 0 Å². The van der Waals surface area contributed by atoms with Gasteiger partial charge in [0.2, 0.25) is 0 Å². The first kappa shape index (κ1) is 12.2.